The highest BCUT2D eigenvalue weighted by atomic mass is 16.8. The Labute approximate surface area is 210 Å². The molecule has 4 atom stereocenters. The summed E-state index contributed by atoms with van der Waals surface area (Å²) in [7, 11) is 0. The van der Waals surface area contributed by atoms with E-state index in [9.17, 15) is 14.9 Å². The Bertz CT molecular complexity index is 1170. The molecule has 0 bridgehead atoms. The number of aromatic nitrogens is 3. The summed E-state index contributed by atoms with van der Waals surface area (Å²) in [6.45, 7) is 8.99. The largest absolute Gasteiger partial charge is 0.463 e. The van der Waals surface area contributed by atoms with Gasteiger partial charge in [-0.25, -0.2) is 9.50 Å². The summed E-state index contributed by atoms with van der Waals surface area (Å²) in [4.78, 5) is 28.7. The van der Waals surface area contributed by atoms with Gasteiger partial charge in [0.2, 0.25) is 11.5 Å². The number of nitriles is 1. The molecule has 4 rings (SSSR count). The van der Waals surface area contributed by atoms with Crippen LogP contribution in [0.5, 0.6) is 0 Å². The van der Waals surface area contributed by atoms with Gasteiger partial charge in [-0.15, -0.1) is 0 Å². The van der Waals surface area contributed by atoms with Crippen LogP contribution in [0.15, 0.2) is 18.5 Å². The number of nitrogens with one attached hydrogen (secondary N) is 1. The highest BCUT2D eigenvalue weighted by Gasteiger charge is 2.65. The summed E-state index contributed by atoms with van der Waals surface area (Å²) in [6, 6.07) is 5.71. The minimum Gasteiger partial charge on any atom is -0.463 e. The van der Waals surface area contributed by atoms with Crippen LogP contribution in [0.3, 0.4) is 0 Å². The normalized spacial score (nSPS) is 26.6. The standard InChI is InChI=1S/C25H33N5O6/c1-6-7-8-9-19(31)29-22-16-10-11-18(30(16)28-14-27-22)25(13-26)21-20(35-24(4,5)36-21)17(34-25)12-33-23(32)15(2)3/h10-11,14-15,17,20-21H,6-9,12H2,1-5H3,(H,27,28,29,31)/t17-,20-,21-,25+/m1/s1. The number of ether oxygens (including phenoxy) is 4. The second kappa shape index (κ2) is 10.1. The van der Waals surface area contributed by atoms with E-state index < -0.39 is 29.7 Å². The third kappa shape index (κ3) is 4.81. The van der Waals surface area contributed by atoms with E-state index >= 15 is 0 Å². The van der Waals surface area contributed by atoms with E-state index in [4.69, 9.17) is 18.9 Å². The Kier molecular flexibility index (Phi) is 7.31. The number of esters is 1. The number of nitrogens with zero attached hydrogens (tertiary/aromatic N) is 4. The Hall–Kier alpha value is -3.07. The second-order valence-corrected chi connectivity index (χ2v) is 9.94. The predicted octanol–water partition coefficient (Wildman–Crippen LogP) is 3.09. The molecule has 0 radical (unpaired) electrons. The number of amides is 1. The third-order valence-corrected chi connectivity index (χ3v) is 6.36. The van der Waals surface area contributed by atoms with Crippen molar-refractivity contribution < 1.29 is 28.5 Å². The van der Waals surface area contributed by atoms with Crippen LogP contribution in [0.1, 0.15) is 66.0 Å². The Morgan fingerprint density at radius 1 is 1.25 bits per heavy atom. The Balaban J connectivity index is 1.66. The van der Waals surface area contributed by atoms with Crippen LogP contribution in [0.25, 0.3) is 5.52 Å². The molecular formula is C25H33N5O6. The lowest BCUT2D eigenvalue weighted by molar-refractivity contribution is -0.207. The molecular weight excluding hydrogens is 466 g/mol. The summed E-state index contributed by atoms with van der Waals surface area (Å²) in [5.74, 6) is -1.45. The molecule has 36 heavy (non-hydrogen) atoms. The van der Waals surface area contributed by atoms with Crippen molar-refractivity contribution in [1.82, 2.24) is 14.6 Å². The molecule has 0 saturated carbocycles. The minimum atomic E-state index is -1.60. The predicted molar refractivity (Wildman–Crippen MR) is 128 cm³/mol. The molecule has 11 nitrogen and oxygen atoms in total. The van der Waals surface area contributed by atoms with Gasteiger partial charge in [-0.3, -0.25) is 9.59 Å². The zero-order chi connectivity index (χ0) is 26.1. The second-order valence-electron chi connectivity index (χ2n) is 9.94. The van der Waals surface area contributed by atoms with E-state index in [0.29, 0.717) is 23.4 Å². The number of fused-ring (bicyclic) bond motifs is 2. The molecule has 2 aliphatic rings. The number of rotatable bonds is 9. The van der Waals surface area contributed by atoms with Crippen molar-refractivity contribution in [3.05, 3.63) is 24.2 Å². The van der Waals surface area contributed by atoms with Crippen LogP contribution in [0.4, 0.5) is 5.82 Å². The summed E-state index contributed by atoms with van der Waals surface area (Å²) in [6.07, 6.45) is 2.30. The lowest BCUT2D eigenvalue weighted by atomic mass is 9.92. The number of carbonyl (C=O) groups is 2. The number of hydrogen-bond acceptors (Lipinski definition) is 9. The van der Waals surface area contributed by atoms with Crippen LogP contribution in [-0.2, 0) is 34.1 Å². The number of anilines is 1. The molecule has 2 aliphatic heterocycles. The Morgan fingerprint density at radius 2 is 2.03 bits per heavy atom. The monoisotopic (exact) mass is 499 g/mol. The van der Waals surface area contributed by atoms with Crippen molar-refractivity contribution in [3.8, 4) is 6.07 Å². The van der Waals surface area contributed by atoms with Crippen LogP contribution in [0.2, 0.25) is 0 Å². The van der Waals surface area contributed by atoms with Gasteiger partial charge in [0.25, 0.3) is 0 Å². The molecule has 194 valence electrons. The maximum atomic E-state index is 12.4. The fourth-order valence-electron chi connectivity index (χ4n) is 4.60. The first-order chi connectivity index (χ1) is 17.1. The smallest absolute Gasteiger partial charge is 0.308 e. The van der Waals surface area contributed by atoms with E-state index in [-0.39, 0.29) is 24.4 Å². The fraction of sp³-hybridized carbons (Fsp3) is 0.640. The molecule has 4 heterocycles. The van der Waals surface area contributed by atoms with Crippen molar-refractivity contribution in [1.29, 1.82) is 5.26 Å². The molecule has 1 amide bonds. The molecule has 1 N–H and O–H groups in total. The highest BCUT2D eigenvalue weighted by molar-refractivity contribution is 5.93. The average Bonchev–Trinajstić information content (AvgIpc) is 3.48. The van der Waals surface area contributed by atoms with Gasteiger partial charge in [-0.2, -0.15) is 10.4 Å². The van der Waals surface area contributed by atoms with Crippen molar-refractivity contribution in [2.24, 2.45) is 5.92 Å². The number of carbonyl (C=O) groups excluding carboxylic acids is 2. The summed E-state index contributed by atoms with van der Waals surface area (Å²) >= 11 is 0. The third-order valence-electron chi connectivity index (χ3n) is 6.36. The van der Waals surface area contributed by atoms with Crippen molar-refractivity contribution in [2.75, 3.05) is 11.9 Å². The summed E-state index contributed by atoms with van der Waals surface area (Å²) < 4.78 is 25.4. The van der Waals surface area contributed by atoms with E-state index in [1.54, 1.807) is 39.8 Å². The van der Waals surface area contributed by atoms with Gasteiger partial charge in [0.05, 0.1) is 11.6 Å². The zero-order valence-corrected chi connectivity index (χ0v) is 21.3. The molecule has 0 aliphatic carbocycles. The van der Waals surface area contributed by atoms with Crippen molar-refractivity contribution in [3.63, 3.8) is 0 Å². The van der Waals surface area contributed by atoms with E-state index in [2.05, 4.69) is 28.4 Å². The molecule has 2 saturated heterocycles. The van der Waals surface area contributed by atoms with Crippen LogP contribution in [0, 0.1) is 17.2 Å². The van der Waals surface area contributed by atoms with Crippen LogP contribution < -0.4 is 5.32 Å². The van der Waals surface area contributed by atoms with Gasteiger partial charge in [-0.05, 0) is 32.4 Å². The maximum absolute atomic E-state index is 12.4. The summed E-state index contributed by atoms with van der Waals surface area (Å²) in [5, 5.41) is 17.6. The maximum Gasteiger partial charge on any atom is 0.308 e. The van der Waals surface area contributed by atoms with Gasteiger partial charge in [0, 0.05) is 6.42 Å². The van der Waals surface area contributed by atoms with Gasteiger partial charge in [0.1, 0.15) is 42.8 Å². The Morgan fingerprint density at radius 3 is 2.72 bits per heavy atom. The molecule has 2 aromatic rings. The molecule has 11 heteroatoms. The van der Waals surface area contributed by atoms with E-state index in [0.717, 1.165) is 19.3 Å². The molecule has 2 fully saturated rings. The highest BCUT2D eigenvalue weighted by Crippen LogP contribution is 2.49. The zero-order valence-electron chi connectivity index (χ0n) is 21.3. The molecule has 0 spiro atoms. The van der Waals surface area contributed by atoms with Crippen molar-refractivity contribution in [2.45, 2.75) is 90.0 Å². The SMILES string of the molecule is CCCCCC(=O)Nc1ncnn2c([C@]3(C#N)O[C@H](COC(=O)C(C)C)[C@H]4OC(C)(C)O[C@H]43)ccc12. The molecule has 0 aromatic carbocycles. The summed E-state index contributed by atoms with van der Waals surface area (Å²) in [5.41, 5.74) is -0.687. The molecule has 0 unspecified atom stereocenters. The number of hydrogen-bond donors (Lipinski definition) is 1. The molecule has 2 aromatic heterocycles. The van der Waals surface area contributed by atoms with Gasteiger partial charge >= 0.3 is 5.97 Å². The first-order valence-corrected chi connectivity index (χ1v) is 12.4. The van der Waals surface area contributed by atoms with E-state index in [1.165, 1.54) is 10.8 Å². The van der Waals surface area contributed by atoms with Crippen molar-refractivity contribution >= 4 is 23.2 Å². The quantitative estimate of drug-likeness (QED) is 0.407. The lowest BCUT2D eigenvalue weighted by Crippen LogP contribution is -2.40. The minimum absolute atomic E-state index is 0.0849. The average molecular weight is 500 g/mol. The topological polar surface area (TPSA) is 137 Å². The van der Waals surface area contributed by atoms with Gasteiger partial charge < -0.3 is 24.3 Å². The lowest BCUT2D eigenvalue weighted by Gasteiger charge is -2.29. The van der Waals surface area contributed by atoms with Gasteiger partial charge in [-0.1, -0.05) is 33.6 Å². The fourth-order valence-corrected chi connectivity index (χ4v) is 4.60. The first-order valence-electron chi connectivity index (χ1n) is 12.4. The number of unbranched alkanes of at least 4 members (excludes halogenated alkanes) is 2. The first kappa shape index (κ1) is 26.0. The van der Waals surface area contributed by atoms with E-state index in [1.807, 2.05) is 0 Å². The van der Waals surface area contributed by atoms with Crippen LogP contribution in [-0.4, -0.2) is 57.2 Å². The van der Waals surface area contributed by atoms with Gasteiger partial charge in [0.15, 0.2) is 11.6 Å². The van der Waals surface area contributed by atoms with Crippen LogP contribution >= 0.6 is 0 Å².